The van der Waals surface area contributed by atoms with Crippen LogP contribution in [0.25, 0.3) is 0 Å². The molecule has 0 rings (SSSR count). The van der Waals surface area contributed by atoms with Gasteiger partial charge in [-0.25, -0.2) is 9.59 Å². The number of alkyl carbamates (subject to hydrolysis) is 1. The number of rotatable bonds is 5. The van der Waals surface area contributed by atoms with Gasteiger partial charge in [0.05, 0.1) is 13.7 Å². The molecular weight excluding hydrogens is 186 g/mol. The molecule has 0 aliphatic carbocycles. The summed E-state index contributed by atoms with van der Waals surface area (Å²) >= 11 is 0. The van der Waals surface area contributed by atoms with Crippen molar-refractivity contribution in [2.75, 3.05) is 13.7 Å². The molecule has 0 atom stereocenters. The molecule has 0 bridgehead atoms. The zero-order valence-corrected chi connectivity index (χ0v) is 8.46. The van der Waals surface area contributed by atoms with Crippen molar-refractivity contribution in [3.8, 4) is 0 Å². The highest BCUT2D eigenvalue weighted by Crippen LogP contribution is 1.94. The molecule has 0 aliphatic heterocycles. The highest BCUT2D eigenvalue weighted by molar-refractivity contribution is 5.91. The first-order chi connectivity index (χ1) is 6.61. The summed E-state index contributed by atoms with van der Waals surface area (Å²) in [5, 5.41) is 2.13. The summed E-state index contributed by atoms with van der Waals surface area (Å²) < 4.78 is 9.06. The maximum atomic E-state index is 11.1. The quantitative estimate of drug-likeness (QED) is 0.412. The fourth-order valence-electron chi connectivity index (χ4n) is 0.622. The lowest BCUT2D eigenvalue weighted by Gasteiger charge is -2.06. The zero-order valence-electron chi connectivity index (χ0n) is 8.46. The first kappa shape index (κ1) is 12.5. The van der Waals surface area contributed by atoms with Gasteiger partial charge in [-0.2, -0.15) is 0 Å². The fourth-order valence-corrected chi connectivity index (χ4v) is 0.622. The second-order valence-electron chi connectivity index (χ2n) is 2.58. The number of amides is 1. The van der Waals surface area contributed by atoms with Crippen LogP contribution in [-0.2, 0) is 14.3 Å². The molecule has 14 heavy (non-hydrogen) atoms. The van der Waals surface area contributed by atoms with E-state index in [1.165, 1.54) is 7.11 Å². The summed E-state index contributed by atoms with van der Waals surface area (Å²) in [5.41, 5.74) is -0.118. The van der Waals surface area contributed by atoms with Crippen molar-refractivity contribution < 1.29 is 19.1 Å². The number of carbonyl (C=O) groups is 2. The van der Waals surface area contributed by atoms with Gasteiger partial charge in [-0.3, -0.25) is 5.32 Å². The molecule has 0 aromatic rings. The van der Waals surface area contributed by atoms with Gasteiger partial charge in [0.25, 0.3) is 0 Å². The van der Waals surface area contributed by atoms with Gasteiger partial charge in [0.1, 0.15) is 5.70 Å². The number of unbranched alkanes of at least 4 members (excludes halogenated alkanes) is 1. The maximum absolute atomic E-state index is 11.1. The predicted molar refractivity (Wildman–Crippen MR) is 50.5 cm³/mol. The van der Waals surface area contributed by atoms with E-state index >= 15 is 0 Å². The van der Waals surface area contributed by atoms with Gasteiger partial charge in [0, 0.05) is 0 Å². The van der Waals surface area contributed by atoms with Crippen molar-refractivity contribution in [3.63, 3.8) is 0 Å². The largest absolute Gasteiger partial charge is 0.461 e. The van der Waals surface area contributed by atoms with Crippen LogP contribution in [0.4, 0.5) is 4.79 Å². The van der Waals surface area contributed by atoms with E-state index in [0.717, 1.165) is 12.8 Å². The first-order valence-corrected chi connectivity index (χ1v) is 4.32. The minimum absolute atomic E-state index is 0.118. The number of hydrogen-bond acceptors (Lipinski definition) is 4. The van der Waals surface area contributed by atoms with E-state index in [0.29, 0.717) is 6.61 Å². The van der Waals surface area contributed by atoms with Gasteiger partial charge in [0.15, 0.2) is 0 Å². The van der Waals surface area contributed by atoms with Crippen LogP contribution in [0.15, 0.2) is 12.3 Å². The molecule has 0 saturated carbocycles. The molecule has 0 radical (unpaired) electrons. The second kappa shape index (κ2) is 6.94. The van der Waals surface area contributed by atoms with E-state index in [1.54, 1.807) is 0 Å². The molecule has 0 aromatic heterocycles. The van der Waals surface area contributed by atoms with Crippen LogP contribution < -0.4 is 5.32 Å². The molecule has 5 nitrogen and oxygen atoms in total. The minimum Gasteiger partial charge on any atom is -0.461 e. The van der Waals surface area contributed by atoms with Crippen molar-refractivity contribution in [2.45, 2.75) is 19.8 Å². The van der Waals surface area contributed by atoms with E-state index in [9.17, 15) is 9.59 Å². The van der Waals surface area contributed by atoms with E-state index in [1.807, 2.05) is 6.92 Å². The third kappa shape index (κ3) is 5.18. The van der Waals surface area contributed by atoms with Crippen molar-refractivity contribution >= 4 is 12.1 Å². The van der Waals surface area contributed by atoms with Crippen LogP contribution in [0, 0.1) is 0 Å². The van der Waals surface area contributed by atoms with Crippen molar-refractivity contribution in [2.24, 2.45) is 0 Å². The number of nitrogens with one attached hydrogen (secondary N) is 1. The zero-order chi connectivity index (χ0) is 11.0. The van der Waals surface area contributed by atoms with Crippen molar-refractivity contribution in [1.29, 1.82) is 0 Å². The summed E-state index contributed by atoms with van der Waals surface area (Å²) in [6.45, 7) is 5.65. The Morgan fingerprint density at radius 2 is 2.07 bits per heavy atom. The monoisotopic (exact) mass is 201 g/mol. The average Bonchev–Trinajstić information content (AvgIpc) is 2.17. The second-order valence-corrected chi connectivity index (χ2v) is 2.58. The minimum atomic E-state index is -0.734. The van der Waals surface area contributed by atoms with Gasteiger partial charge < -0.3 is 9.47 Å². The van der Waals surface area contributed by atoms with Crippen LogP contribution in [0.1, 0.15) is 19.8 Å². The van der Waals surface area contributed by atoms with E-state index in [2.05, 4.69) is 16.6 Å². The highest BCUT2D eigenvalue weighted by Gasteiger charge is 2.11. The van der Waals surface area contributed by atoms with E-state index in [-0.39, 0.29) is 5.70 Å². The molecule has 0 aliphatic rings. The Hall–Kier alpha value is -1.52. The van der Waals surface area contributed by atoms with Gasteiger partial charge in [-0.1, -0.05) is 19.9 Å². The lowest BCUT2D eigenvalue weighted by atomic mass is 10.4. The Morgan fingerprint density at radius 1 is 1.43 bits per heavy atom. The number of hydrogen-bond donors (Lipinski definition) is 1. The Labute approximate surface area is 83.1 Å². The Kier molecular flexibility index (Phi) is 6.19. The molecule has 1 amide bonds. The topological polar surface area (TPSA) is 64.6 Å². The van der Waals surface area contributed by atoms with Crippen LogP contribution in [0.3, 0.4) is 0 Å². The normalized spacial score (nSPS) is 9.00. The molecule has 80 valence electrons. The summed E-state index contributed by atoms with van der Waals surface area (Å²) in [6.07, 6.45) is 0.990. The average molecular weight is 201 g/mol. The smallest absolute Gasteiger partial charge is 0.411 e. The van der Waals surface area contributed by atoms with Gasteiger partial charge in [-0.15, -0.1) is 0 Å². The van der Waals surface area contributed by atoms with Gasteiger partial charge >= 0.3 is 12.1 Å². The maximum Gasteiger partial charge on any atom is 0.411 e. The van der Waals surface area contributed by atoms with Crippen LogP contribution >= 0.6 is 0 Å². The fraction of sp³-hybridized carbons (Fsp3) is 0.556. The van der Waals surface area contributed by atoms with Gasteiger partial charge in [0.2, 0.25) is 0 Å². The van der Waals surface area contributed by atoms with Crippen molar-refractivity contribution in [1.82, 2.24) is 5.32 Å². The lowest BCUT2D eigenvalue weighted by molar-refractivity contribution is -0.139. The molecule has 0 spiro atoms. The van der Waals surface area contributed by atoms with Gasteiger partial charge in [-0.05, 0) is 6.42 Å². The van der Waals surface area contributed by atoms with Crippen LogP contribution in [0.2, 0.25) is 0 Å². The Morgan fingerprint density at radius 3 is 2.57 bits per heavy atom. The highest BCUT2D eigenvalue weighted by atomic mass is 16.5. The molecule has 0 unspecified atom stereocenters. The van der Waals surface area contributed by atoms with Crippen LogP contribution in [-0.4, -0.2) is 25.8 Å². The third-order valence-corrected chi connectivity index (χ3v) is 1.42. The van der Waals surface area contributed by atoms with E-state index < -0.39 is 12.1 Å². The summed E-state index contributed by atoms with van der Waals surface area (Å²) in [6, 6.07) is 0. The SMILES string of the molecule is C=C(NC(=O)OC)C(=O)OCCCC. The first-order valence-electron chi connectivity index (χ1n) is 4.32. The van der Waals surface area contributed by atoms with Crippen molar-refractivity contribution in [3.05, 3.63) is 12.3 Å². The third-order valence-electron chi connectivity index (χ3n) is 1.42. The van der Waals surface area contributed by atoms with Crippen LogP contribution in [0.5, 0.6) is 0 Å². The number of methoxy groups -OCH3 is 1. The number of carbonyl (C=O) groups excluding carboxylic acids is 2. The summed E-state index contributed by atoms with van der Waals surface area (Å²) in [5.74, 6) is -0.635. The lowest BCUT2D eigenvalue weighted by Crippen LogP contribution is -2.27. The number of ether oxygens (including phenoxy) is 2. The Balaban J connectivity index is 3.77. The standard InChI is InChI=1S/C9H15NO4/c1-4-5-6-14-8(11)7(2)10-9(12)13-3/h2,4-6H2,1,3H3,(H,10,12). The molecule has 5 heteroatoms. The molecule has 0 saturated heterocycles. The summed E-state index contributed by atoms with van der Waals surface area (Å²) in [4.78, 5) is 21.7. The molecule has 1 N–H and O–H groups in total. The molecule has 0 heterocycles. The molecular formula is C9H15NO4. The Bertz CT molecular complexity index is 225. The predicted octanol–water partition coefficient (Wildman–Crippen LogP) is 1.20. The van der Waals surface area contributed by atoms with E-state index in [4.69, 9.17) is 4.74 Å². The summed E-state index contributed by atoms with van der Waals surface area (Å²) in [7, 11) is 1.20. The molecule has 0 fully saturated rings. The molecule has 0 aromatic carbocycles. The number of esters is 1.